The van der Waals surface area contributed by atoms with Crippen molar-refractivity contribution in [3.05, 3.63) is 34.3 Å². The van der Waals surface area contributed by atoms with E-state index in [9.17, 15) is 4.79 Å². The SMILES string of the molecule is CCCN(C(=O)CN)C(C)c1ccccc1Br. The highest BCUT2D eigenvalue weighted by Gasteiger charge is 2.20. The molecule has 0 aliphatic carbocycles. The van der Waals surface area contributed by atoms with Crippen molar-refractivity contribution in [3.63, 3.8) is 0 Å². The van der Waals surface area contributed by atoms with Gasteiger partial charge >= 0.3 is 0 Å². The molecule has 3 nitrogen and oxygen atoms in total. The van der Waals surface area contributed by atoms with E-state index in [1.807, 2.05) is 36.1 Å². The molecule has 0 aromatic heterocycles. The van der Waals surface area contributed by atoms with E-state index in [4.69, 9.17) is 5.73 Å². The van der Waals surface area contributed by atoms with Gasteiger partial charge in [0, 0.05) is 11.0 Å². The first-order valence-corrected chi connectivity index (χ1v) is 6.65. The number of hydrogen-bond acceptors (Lipinski definition) is 2. The van der Waals surface area contributed by atoms with Crippen LogP contribution in [-0.4, -0.2) is 23.9 Å². The quantitative estimate of drug-likeness (QED) is 0.908. The van der Waals surface area contributed by atoms with E-state index in [-0.39, 0.29) is 18.5 Å². The van der Waals surface area contributed by atoms with E-state index in [1.54, 1.807) is 0 Å². The summed E-state index contributed by atoms with van der Waals surface area (Å²) in [7, 11) is 0. The molecule has 1 aromatic carbocycles. The van der Waals surface area contributed by atoms with Crippen LogP contribution in [-0.2, 0) is 4.79 Å². The van der Waals surface area contributed by atoms with E-state index in [0.29, 0.717) is 0 Å². The van der Waals surface area contributed by atoms with Gasteiger partial charge in [0.2, 0.25) is 5.91 Å². The molecular formula is C13H19BrN2O. The van der Waals surface area contributed by atoms with Crippen LogP contribution in [0.25, 0.3) is 0 Å². The molecule has 0 spiro atoms. The van der Waals surface area contributed by atoms with Crippen LogP contribution >= 0.6 is 15.9 Å². The molecule has 1 rings (SSSR count). The number of carbonyl (C=O) groups excluding carboxylic acids is 1. The maximum Gasteiger partial charge on any atom is 0.236 e. The van der Waals surface area contributed by atoms with Crippen LogP contribution in [0.1, 0.15) is 31.9 Å². The summed E-state index contributed by atoms with van der Waals surface area (Å²) >= 11 is 3.52. The number of amides is 1. The zero-order chi connectivity index (χ0) is 12.8. The monoisotopic (exact) mass is 298 g/mol. The van der Waals surface area contributed by atoms with Crippen molar-refractivity contribution < 1.29 is 4.79 Å². The summed E-state index contributed by atoms with van der Waals surface area (Å²) in [5, 5.41) is 0. The van der Waals surface area contributed by atoms with Crippen molar-refractivity contribution >= 4 is 21.8 Å². The van der Waals surface area contributed by atoms with E-state index in [1.165, 1.54) is 0 Å². The molecule has 1 unspecified atom stereocenters. The van der Waals surface area contributed by atoms with Gasteiger partial charge in [0.05, 0.1) is 12.6 Å². The Hall–Kier alpha value is -0.870. The third-order valence-electron chi connectivity index (χ3n) is 2.78. The van der Waals surface area contributed by atoms with Crippen molar-refractivity contribution in [1.29, 1.82) is 0 Å². The van der Waals surface area contributed by atoms with Crippen LogP contribution in [0.4, 0.5) is 0 Å². The van der Waals surface area contributed by atoms with Gasteiger partial charge in [-0.2, -0.15) is 0 Å². The smallest absolute Gasteiger partial charge is 0.236 e. The van der Waals surface area contributed by atoms with Gasteiger partial charge in [0.1, 0.15) is 0 Å². The van der Waals surface area contributed by atoms with Crippen LogP contribution in [0, 0.1) is 0 Å². The van der Waals surface area contributed by atoms with Crippen LogP contribution in [0.3, 0.4) is 0 Å². The fourth-order valence-corrected chi connectivity index (χ4v) is 2.49. The second kappa shape index (κ2) is 6.77. The Bertz CT molecular complexity index is 381. The maximum absolute atomic E-state index is 11.8. The first-order chi connectivity index (χ1) is 8.11. The minimum Gasteiger partial charge on any atom is -0.335 e. The number of nitrogens with zero attached hydrogens (tertiary/aromatic N) is 1. The van der Waals surface area contributed by atoms with Crippen molar-refractivity contribution in [1.82, 2.24) is 4.90 Å². The molecule has 0 aliphatic heterocycles. The molecule has 2 N–H and O–H groups in total. The van der Waals surface area contributed by atoms with Gasteiger partial charge < -0.3 is 10.6 Å². The minimum atomic E-state index is -0.00453. The summed E-state index contributed by atoms with van der Waals surface area (Å²) in [6.07, 6.45) is 0.931. The molecule has 0 aliphatic rings. The highest BCUT2D eigenvalue weighted by molar-refractivity contribution is 9.10. The van der Waals surface area contributed by atoms with Gasteiger partial charge in [0.15, 0.2) is 0 Å². The zero-order valence-corrected chi connectivity index (χ0v) is 11.9. The van der Waals surface area contributed by atoms with Gasteiger partial charge in [-0.15, -0.1) is 0 Å². The number of hydrogen-bond donors (Lipinski definition) is 1. The van der Waals surface area contributed by atoms with E-state index < -0.39 is 0 Å². The van der Waals surface area contributed by atoms with Gasteiger partial charge in [-0.05, 0) is 25.0 Å². The lowest BCUT2D eigenvalue weighted by Crippen LogP contribution is -2.38. The highest BCUT2D eigenvalue weighted by atomic mass is 79.9. The number of benzene rings is 1. The molecule has 0 heterocycles. The number of carbonyl (C=O) groups is 1. The van der Waals surface area contributed by atoms with Crippen molar-refractivity contribution in [2.24, 2.45) is 5.73 Å². The molecule has 0 fully saturated rings. The molecule has 1 amide bonds. The number of nitrogens with two attached hydrogens (primary N) is 1. The lowest BCUT2D eigenvalue weighted by atomic mass is 10.1. The van der Waals surface area contributed by atoms with Crippen LogP contribution in [0.5, 0.6) is 0 Å². The highest BCUT2D eigenvalue weighted by Crippen LogP contribution is 2.27. The lowest BCUT2D eigenvalue weighted by molar-refractivity contribution is -0.131. The predicted molar refractivity (Wildman–Crippen MR) is 73.6 cm³/mol. The third-order valence-corrected chi connectivity index (χ3v) is 3.50. The summed E-state index contributed by atoms with van der Waals surface area (Å²) in [5.74, 6) is -0.00453. The van der Waals surface area contributed by atoms with Gasteiger partial charge in [0.25, 0.3) is 0 Å². The Morgan fingerprint density at radius 1 is 1.47 bits per heavy atom. The normalized spacial score (nSPS) is 12.2. The fraction of sp³-hybridized carbons (Fsp3) is 0.462. The van der Waals surface area contributed by atoms with Crippen LogP contribution in [0.15, 0.2) is 28.7 Å². The molecule has 0 radical (unpaired) electrons. The molecule has 1 aromatic rings. The molecular weight excluding hydrogens is 280 g/mol. The molecule has 1 atom stereocenters. The second-order valence-electron chi connectivity index (χ2n) is 3.99. The first-order valence-electron chi connectivity index (χ1n) is 5.85. The molecule has 0 saturated carbocycles. The third kappa shape index (κ3) is 3.54. The largest absolute Gasteiger partial charge is 0.335 e. The molecule has 17 heavy (non-hydrogen) atoms. The number of rotatable bonds is 5. The summed E-state index contributed by atoms with van der Waals surface area (Å²) in [4.78, 5) is 13.6. The Labute approximate surface area is 111 Å². The average Bonchev–Trinajstić information content (AvgIpc) is 2.35. The van der Waals surface area contributed by atoms with Gasteiger partial charge in [-0.3, -0.25) is 4.79 Å². The average molecular weight is 299 g/mol. The standard InChI is InChI=1S/C13H19BrN2O/c1-3-8-16(13(17)9-15)10(2)11-6-4-5-7-12(11)14/h4-7,10H,3,8-9,15H2,1-2H3. The predicted octanol–water partition coefficient (Wildman–Crippen LogP) is 2.71. The molecule has 0 saturated heterocycles. The molecule has 0 bridgehead atoms. The van der Waals surface area contributed by atoms with Gasteiger partial charge in [-0.1, -0.05) is 41.1 Å². The van der Waals surface area contributed by atoms with Crippen LogP contribution < -0.4 is 5.73 Å². The first kappa shape index (κ1) is 14.2. The van der Waals surface area contributed by atoms with Crippen molar-refractivity contribution in [2.45, 2.75) is 26.3 Å². The molecule has 4 heteroatoms. The van der Waals surface area contributed by atoms with E-state index in [2.05, 4.69) is 22.9 Å². The summed E-state index contributed by atoms with van der Waals surface area (Å²) in [6.45, 7) is 4.89. The van der Waals surface area contributed by atoms with E-state index >= 15 is 0 Å². The number of halogens is 1. The van der Waals surface area contributed by atoms with Crippen molar-refractivity contribution in [3.8, 4) is 0 Å². The Morgan fingerprint density at radius 3 is 2.65 bits per heavy atom. The topological polar surface area (TPSA) is 46.3 Å². The van der Waals surface area contributed by atoms with E-state index in [0.717, 1.165) is 23.0 Å². The fourth-order valence-electron chi connectivity index (χ4n) is 1.87. The lowest BCUT2D eigenvalue weighted by Gasteiger charge is -2.29. The van der Waals surface area contributed by atoms with Crippen LogP contribution in [0.2, 0.25) is 0 Å². The Balaban J connectivity index is 2.95. The Morgan fingerprint density at radius 2 is 2.12 bits per heavy atom. The Kier molecular flexibility index (Phi) is 5.65. The second-order valence-corrected chi connectivity index (χ2v) is 4.84. The maximum atomic E-state index is 11.8. The summed E-state index contributed by atoms with van der Waals surface area (Å²) < 4.78 is 1.03. The zero-order valence-electron chi connectivity index (χ0n) is 10.3. The molecule has 94 valence electrons. The summed E-state index contributed by atoms with van der Waals surface area (Å²) in [6, 6.07) is 8.01. The minimum absolute atomic E-state index is 0.00453. The summed E-state index contributed by atoms with van der Waals surface area (Å²) in [5.41, 5.74) is 6.57. The van der Waals surface area contributed by atoms with Gasteiger partial charge in [-0.25, -0.2) is 0 Å². The van der Waals surface area contributed by atoms with Crippen molar-refractivity contribution in [2.75, 3.05) is 13.1 Å².